The number of pyridine rings is 1. The molecular weight excluding hydrogens is 605 g/mol. The summed E-state index contributed by atoms with van der Waals surface area (Å²) in [5, 5.41) is 4.11. The molecule has 0 amide bonds. The van der Waals surface area contributed by atoms with Crippen LogP contribution in [-0.2, 0) is 30.0 Å². The van der Waals surface area contributed by atoms with E-state index in [0.717, 1.165) is 16.4 Å². The van der Waals surface area contributed by atoms with Gasteiger partial charge in [-0.25, -0.2) is 14.5 Å². The quantitative estimate of drug-likeness (QED) is 0.114. The third kappa shape index (κ3) is 8.08. The first-order valence-corrected chi connectivity index (χ1v) is 16.5. The zero-order valence-corrected chi connectivity index (χ0v) is 27.8. The van der Waals surface area contributed by atoms with E-state index in [4.69, 9.17) is 40.8 Å². The van der Waals surface area contributed by atoms with Gasteiger partial charge in [-0.1, -0.05) is 43.6 Å². The van der Waals surface area contributed by atoms with Crippen LogP contribution in [-0.4, -0.2) is 45.4 Å². The van der Waals surface area contributed by atoms with Crippen LogP contribution in [0, 0.1) is 5.92 Å². The largest absolute Gasteiger partial charge is 0.459 e. The van der Waals surface area contributed by atoms with Gasteiger partial charge in [0.1, 0.15) is 35.3 Å². The zero-order valence-electron chi connectivity index (χ0n) is 26.2. The number of para-hydroxylation sites is 1. The lowest BCUT2D eigenvalue weighted by atomic mass is 10.0. The molecule has 0 saturated heterocycles. The molecule has 3 N–H and O–H groups in total. The van der Waals surface area contributed by atoms with E-state index in [0.29, 0.717) is 28.8 Å². The molecule has 4 aromatic rings. The van der Waals surface area contributed by atoms with Crippen LogP contribution >= 0.6 is 19.3 Å². The molecule has 13 heteroatoms. The van der Waals surface area contributed by atoms with E-state index in [1.54, 1.807) is 52.0 Å². The predicted octanol–water partition coefficient (Wildman–Crippen LogP) is 7.08. The van der Waals surface area contributed by atoms with Crippen LogP contribution < -0.4 is 15.3 Å². The maximum atomic E-state index is 14.4. The molecule has 2 heterocycles. The monoisotopic (exact) mass is 645 g/mol. The maximum Gasteiger partial charge on any atom is 0.459 e. The van der Waals surface area contributed by atoms with Gasteiger partial charge in [0.05, 0.1) is 23.7 Å². The number of esters is 1. The normalized spacial score (nSPS) is 14.9. The lowest BCUT2D eigenvalue weighted by Crippen LogP contribution is -2.39. The van der Waals surface area contributed by atoms with E-state index in [1.807, 2.05) is 49.6 Å². The molecule has 0 bridgehead atoms. The summed E-state index contributed by atoms with van der Waals surface area (Å²) < 4.78 is 39.7. The van der Waals surface area contributed by atoms with Gasteiger partial charge < -0.3 is 24.3 Å². The first-order chi connectivity index (χ1) is 20.7. The standard InChI is InChI=1S/C31H41ClN5O6P/c1-8-40-18-26-35-27-28(23-11-9-10-12-24(23)34-29(27)33)37(26)25(19(2)3)17-41-44(39,43-22-15-13-21(32)14-16-22)36-20(4)30(38)42-31(5,6)7/h9-16,19-20,25H,8,17-18H2,1-7H3,(H2,33,34)(H,36,39)/t20-,25-,44?/m0/s1. The molecule has 0 spiro atoms. The topological polar surface area (TPSA) is 140 Å². The Labute approximate surface area is 263 Å². The molecule has 0 saturated carbocycles. The van der Waals surface area contributed by atoms with Gasteiger partial charge in [-0.3, -0.25) is 9.32 Å². The number of nitrogens with one attached hydrogen (secondary N) is 1. The molecule has 0 radical (unpaired) electrons. The van der Waals surface area contributed by atoms with Gasteiger partial charge >= 0.3 is 13.7 Å². The minimum absolute atomic E-state index is 0.0341. The SMILES string of the molecule is CCOCc1nc2c(N)nc3ccccc3c2n1[C@@H](COP(=O)(N[C@@H](C)C(=O)OC(C)(C)C)Oc1ccc(Cl)cc1)C(C)C. The summed E-state index contributed by atoms with van der Waals surface area (Å²) >= 11 is 6.05. The minimum atomic E-state index is -4.18. The average Bonchev–Trinajstić information content (AvgIpc) is 3.32. The third-order valence-electron chi connectivity index (χ3n) is 6.73. The number of anilines is 1. The molecular formula is C31H41ClN5O6P. The summed E-state index contributed by atoms with van der Waals surface area (Å²) in [6, 6.07) is 12.6. The molecule has 4 rings (SSSR count). The van der Waals surface area contributed by atoms with Crippen molar-refractivity contribution in [1.82, 2.24) is 19.6 Å². The first kappa shape index (κ1) is 33.7. The lowest BCUT2D eigenvalue weighted by molar-refractivity contribution is -0.156. The number of fused-ring (bicyclic) bond motifs is 3. The van der Waals surface area contributed by atoms with Crippen LogP contribution in [0.25, 0.3) is 21.9 Å². The number of benzene rings is 2. The van der Waals surface area contributed by atoms with Gasteiger partial charge in [0.25, 0.3) is 0 Å². The maximum absolute atomic E-state index is 14.4. The minimum Gasteiger partial charge on any atom is -0.459 e. The second-order valence-electron chi connectivity index (χ2n) is 11.8. The van der Waals surface area contributed by atoms with E-state index >= 15 is 0 Å². The number of hydrogen-bond acceptors (Lipinski definition) is 9. The summed E-state index contributed by atoms with van der Waals surface area (Å²) in [4.78, 5) is 22.2. The second-order valence-corrected chi connectivity index (χ2v) is 13.9. The van der Waals surface area contributed by atoms with Crippen LogP contribution in [0.3, 0.4) is 0 Å². The molecule has 0 fully saturated rings. The summed E-state index contributed by atoms with van der Waals surface area (Å²) in [5.41, 5.74) is 7.68. The van der Waals surface area contributed by atoms with Crippen LogP contribution in [0.5, 0.6) is 5.75 Å². The number of halogens is 1. The Morgan fingerprint density at radius 1 is 1.09 bits per heavy atom. The van der Waals surface area contributed by atoms with Crippen LogP contribution in [0.4, 0.5) is 5.82 Å². The molecule has 11 nitrogen and oxygen atoms in total. The van der Waals surface area contributed by atoms with Crippen molar-refractivity contribution in [1.29, 1.82) is 0 Å². The molecule has 2 aromatic heterocycles. The highest BCUT2D eigenvalue weighted by atomic mass is 35.5. The fraction of sp³-hybridized carbons (Fsp3) is 0.452. The van der Waals surface area contributed by atoms with Crippen molar-refractivity contribution in [3.8, 4) is 5.75 Å². The van der Waals surface area contributed by atoms with Crippen molar-refractivity contribution in [2.24, 2.45) is 5.92 Å². The molecule has 0 aliphatic carbocycles. The Kier molecular flexibility index (Phi) is 10.6. The molecule has 0 aliphatic rings. The van der Waals surface area contributed by atoms with Crippen LogP contribution in [0.15, 0.2) is 48.5 Å². The molecule has 0 aliphatic heterocycles. The molecule has 2 aromatic carbocycles. The number of carbonyl (C=O) groups is 1. The van der Waals surface area contributed by atoms with Crippen LogP contribution in [0.2, 0.25) is 5.02 Å². The van der Waals surface area contributed by atoms with Crippen molar-refractivity contribution in [3.05, 3.63) is 59.4 Å². The summed E-state index contributed by atoms with van der Waals surface area (Å²) in [6.07, 6.45) is 0. The molecule has 44 heavy (non-hydrogen) atoms. The van der Waals surface area contributed by atoms with E-state index in [9.17, 15) is 9.36 Å². The van der Waals surface area contributed by atoms with Crippen molar-refractivity contribution < 1.29 is 27.9 Å². The Morgan fingerprint density at radius 3 is 2.41 bits per heavy atom. The Balaban J connectivity index is 1.76. The van der Waals surface area contributed by atoms with Gasteiger partial charge in [0.15, 0.2) is 5.82 Å². The average molecular weight is 646 g/mol. The number of nitrogens with two attached hydrogens (primary N) is 1. The van der Waals surface area contributed by atoms with Gasteiger partial charge in [-0.15, -0.1) is 0 Å². The van der Waals surface area contributed by atoms with E-state index in [2.05, 4.69) is 10.1 Å². The number of nitrogen functional groups attached to an aromatic ring is 1. The Morgan fingerprint density at radius 2 is 1.77 bits per heavy atom. The third-order valence-corrected chi connectivity index (χ3v) is 8.63. The van der Waals surface area contributed by atoms with Crippen molar-refractivity contribution >= 4 is 53.1 Å². The number of imidazole rings is 1. The number of rotatable bonds is 13. The smallest absolute Gasteiger partial charge is 0.459 e. The highest BCUT2D eigenvalue weighted by Gasteiger charge is 2.36. The van der Waals surface area contributed by atoms with Gasteiger partial charge in [0.2, 0.25) is 0 Å². The van der Waals surface area contributed by atoms with E-state index in [1.165, 1.54) is 0 Å². The fourth-order valence-electron chi connectivity index (χ4n) is 4.67. The lowest BCUT2D eigenvalue weighted by Gasteiger charge is -2.29. The first-order valence-electron chi connectivity index (χ1n) is 14.5. The molecule has 3 atom stereocenters. The number of hydrogen-bond donors (Lipinski definition) is 2. The zero-order chi connectivity index (χ0) is 32.2. The van der Waals surface area contributed by atoms with Gasteiger partial charge in [-0.2, -0.15) is 5.09 Å². The molecule has 1 unspecified atom stereocenters. The number of carbonyl (C=O) groups excluding carboxylic acids is 1. The number of ether oxygens (including phenoxy) is 2. The highest BCUT2D eigenvalue weighted by Crippen LogP contribution is 2.47. The van der Waals surface area contributed by atoms with Crippen molar-refractivity contribution in [3.63, 3.8) is 0 Å². The van der Waals surface area contributed by atoms with Gasteiger partial charge in [-0.05, 0) is 70.9 Å². The second kappa shape index (κ2) is 13.8. The predicted molar refractivity (Wildman–Crippen MR) is 173 cm³/mol. The highest BCUT2D eigenvalue weighted by molar-refractivity contribution is 7.52. The van der Waals surface area contributed by atoms with Crippen LogP contribution in [0.1, 0.15) is 60.3 Å². The van der Waals surface area contributed by atoms with Crippen molar-refractivity contribution in [2.75, 3.05) is 18.9 Å². The van der Waals surface area contributed by atoms with Crippen molar-refractivity contribution in [2.45, 2.75) is 72.8 Å². The van der Waals surface area contributed by atoms with Gasteiger partial charge in [0, 0.05) is 17.0 Å². The number of aromatic nitrogens is 3. The van der Waals surface area contributed by atoms with E-state index in [-0.39, 0.29) is 24.9 Å². The Hall–Kier alpha value is -3.21. The Bertz CT molecular complexity index is 1650. The summed E-state index contributed by atoms with van der Waals surface area (Å²) in [5.74, 6) is 0.530. The fourth-order valence-corrected chi connectivity index (χ4v) is 6.30. The summed E-state index contributed by atoms with van der Waals surface area (Å²) in [6.45, 7) is 13.4. The summed E-state index contributed by atoms with van der Waals surface area (Å²) in [7, 11) is -4.18. The van der Waals surface area contributed by atoms with E-state index < -0.39 is 31.4 Å². The number of nitrogens with zero attached hydrogens (tertiary/aromatic N) is 3. The molecule has 238 valence electrons.